The lowest BCUT2D eigenvalue weighted by molar-refractivity contribution is 0.0593. The summed E-state index contributed by atoms with van der Waals surface area (Å²) >= 11 is 2.66. The van der Waals surface area contributed by atoms with Crippen LogP contribution in [-0.2, 0) is 24.0 Å². The minimum absolute atomic E-state index is 0.248. The van der Waals surface area contributed by atoms with Crippen molar-refractivity contribution in [3.63, 3.8) is 0 Å². The number of thiazole rings is 2. The SMILES string of the molecule is CCc1nc(C)sc1C(=O)Nc1nc(C(=O)OC)c(CCc2ccccc2)s1. The first-order chi connectivity index (χ1) is 13.5. The number of hydrogen-bond donors (Lipinski definition) is 1. The monoisotopic (exact) mass is 415 g/mol. The van der Waals surface area contributed by atoms with Crippen LogP contribution in [0.3, 0.4) is 0 Å². The van der Waals surface area contributed by atoms with E-state index in [2.05, 4.69) is 15.3 Å². The summed E-state index contributed by atoms with van der Waals surface area (Å²) in [5, 5.41) is 4.05. The molecule has 28 heavy (non-hydrogen) atoms. The molecule has 0 unspecified atom stereocenters. The van der Waals surface area contributed by atoms with Gasteiger partial charge in [0.25, 0.3) is 5.91 Å². The smallest absolute Gasteiger partial charge is 0.357 e. The Kier molecular flexibility index (Phi) is 6.53. The predicted octanol–water partition coefficient (Wildman–Crippen LogP) is 4.29. The number of nitrogens with zero attached hydrogens (tertiary/aromatic N) is 2. The minimum atomic E-state index is -0.498. The van der Waals surface area contributed by atoms with Crippen molar-refractivity contribution in [3.05, 3.63) is 62.0 Å². The van der Waals surface area contributed by atoms with Gasteiger partial charge in [0.05, 0.1) is 17.8 Å². The minimum Gasteiger partial charge on any atom is -0.464 e. The molecule has 0 atom stereocenters. The molecule has 0 aliphatic carbocycles. The number of carbonyl (C=O) groups is 2. The number of aromatic nitrogens is 2. The van der Waals surface area contributed by atoms with E-state index in [1.807, 2.05) is 44.2 Å². The van der Waals surface area contributed by atoms with Crippen LogP contribution in [0.1, 0.15) is 48.2 Å². The summed E-state index contributed by atoms with van der Waals surface area (Å²) in [6.07, 6.45) is 2.09. The molecule has 2 heterocycles. The molecule has 0 radical (unpaired) electrons. The third kappa shape index (κ3) is 4.63. The van der Waals surface area contributed by atoms with E-state index in [1.54, 1.807) is 0 Å². The molecule has 1 amide bonds. The van der Waals surface area contributed by atoms with E-state index in [0.717, 1.165) is 22.0 Å². The molecular formula is C20H21N3O3S2. The average molecular weight is 416 g/mol. The standard InChI is InChI=1S/C20H21N3O3S2/c1-4-14-17(27-12(2)21-14)18(24)23-20-22-16(19(25)26-3)15(28-20)11-10-13-8-6-5-7-9-13/h5-9H,4,10-11H2,1-3H3,(H,22,23,24). The second kappa shape index (κ2) is 9.07. The van der Waals surface area contributed by atoms with Gasteiger partial charge in [-0.3, -0.25) is 10.1 Å². The number of ether oxygens (including phenoxy) is 1. The number of rotatable bonds is 7. The van der Waals surface area contributed by atoms with E-state index in [0.29, 0.717) is 22.9 Å². The van der Waals surface area contributed by atoms with Crippen LogP contribution in [0.25, 0.3) is 0 Å². The van der Waals surface area contributed by atoms with Gasteiger partial charge in [0.2, 0.25) is 0 Å². The largest absolute Gasteiger partial charge is 0.464 e. The van der Waals surface area contributed by atoms with Crippen molar-refractivity contribution >= 4 is 39.7 Å². The number of hydrogen-bond acceptors (Lipinski definition) is 7. The fourth-order valence-corrected chi connectivity index (χ4v) is 4.62. The Morgan fingerprint density at radius 1 is 1.11 bits per heavy atom. The third-order valence-corrected chi connectivity index (χ3v) is 6.17. The van der Waals surface area contributed by atoms with Gasteiger partial charge in [0.15, 0.2) is 10.8 Å². The number of methoxy groups -OCH3 is 1. The highest BCUT2D eigenvalue weighted by atomic mass is 32.1. The topological polar surface area (TPSA) is 81.2 Å². The molecule has 1 N–H and O–H groups in total. The summed E-state index contributed by atoms with van der Waals surface area (Å²) in [4.78, 5) is 34.9. The Hall–Kier alpha value is -2.58. The predicted molar refractivity (Wildman–Crippen MR) is 111 cm³/mol. The summed E-state index contributed by atoms with van der Waals surface area (Å²) in [6.45, 7) is 3.84. The van der Waals surface area contributed by atoms with Gasteiger partial charge in [-0.15, -0.1) is 22.7 Å². The number of aryl methyl sites for hydroxylation is 4. The molecule has 0 spiro atoms. The molecule has 0 bridgehead atoms. The van der Waals surface area contributed by atoms with Gasteiger partial charge in [0, 0.05) is 4.88 Å². The Labute approximate surface area is 171 Å². The van der Waals surface area contributed by atoms with Crippen LogP contribution < -0.4 is 5.32 Å². The Morgan fingerprint density at radius 3 is 2.54 bits per heavy atom. The van der Waals surface area contributed by atoms with E-state index in [4.69, 9.17) is 4.74 Å². The number of carbonyl (C=O) groups excluding carboxylic acids is 2. The summed E-state index contributed by atoms with van der Waals surface area (Å²) in [5.41, 5.74) is 2.20. The number of benzene rings is 1. The third-order valence-electron chi connectivity index (χ3n) is 4.13. The number of esters is 1. The van der Waals surface area contributed by atoms with Crippen LogP contribution in [0.4, 0.5) is 5.13 Å². The van der Waals surface area contributed by atoms with Gasteiger partial charge in [-0.25, -0.2) is 14.8 Å². The first-order valence-corrected chi connectivity index (χ1v) is 10.5. The van der Waals surface area contributed by atoms with E-state index < -0.39 is 5.97 Å². The van der Waals surface area contributed by atoms with Crippen molar-refractivity contribution in [2.45, 2.75) is 33.1 Å². The van der Waals surface area contributed by atoms with Gasteiger partial charge in [-0.2, -0.15) is 0 Å². The van der Waals surface area contributed by atoms with Crippen LogP contribution in [0, 0.1) is 6.92 Å². The number of nitrogens with one attached hydrogen (secondary N) is 1. The first-order valence-electron chi connectivity index (χ1n) is 8.91. The maximum Gasteiger partial charge on any atom is 0.357 e. The highest BCUT2D eigenvalue weighted by Crippen LogP contribution is 2.27. The normalized spacial score (nSPS) is 10.7. The van der Waals surface area contributed by atoms with Crippen LogP contribution in [0.5, 0.6) is 0 Å². The Morgan fingerprint density at radius 2 is 1.86 bits per heavy atom. The number of anilines is 1. The molecule has 0 aliphatic rings. The summed E-state index contributed by atoms with van der Waals surface area (Å²) in [6, 6.07) is 10.0. The number of amides is 1. The van der Waals surface area contributed by atoms with Gasteiger partial charge in [0.1, 0.15) is 4.88 Å². The zero-order chi connectivity index (χ0) is 20.1. The molecular weight excluding hydrogens is 394 g/mol. The molecule has 3 rings (SSSR count). The van der Waals surface area contributed by atoms with Gasteiger partial charge in [-0.05, 0) is 31.7 Å². The molecule has 1 aromatic carbocycles. The Bertz CT molecular complexity index is 980. The molecule has 6 nitrogen and oxygen atoms in total. The van der Waals surface area contributed by atoms with E-state index in [1.165, 1.54) is 35.3 Å². The molecule has 0 aliphatic heterocycles. The van der Waals surface area contributed by atoms with Crippen molar-refractivity contribution in [3.8, 4) is 0 Å². The summed E-state index contributed by atoms with van der Waals surface area (Å²) in [7, 11) is 1.33. The van der Waals surface area contributed by atoms with Crippen molar-refractivity contribution in [2.75, 3.05) is 12.4 Å². The van der Waals surface area contributed by atoms with Crippen molar-refractivity contribution in [1.82, 2.24) is 9.97 Å². The van der Waals surface area contributed by atoms with Crippen molar-refractivity contribution in [1.29, 1.82) is 0 Å². The maximum absolute atomic E-state index is 12.7. The zero-order valence-corrected chi connectivity index (χ0v) is 17.6. The van der Waals surface area contributed by atoms with Crippen molar-refractivity contribution in [2.24, 2.45) is 0 Å². The zero-order valence-electron chi connectivity index (χ0n) is 15.9. The summed E-state index contributed by atoms with van der Waals surface area (Å²) < 4.78 is 4.86. The molecule has 8 heteroatoms. The molecule has 2 aromatic heterocycles. The lowest BCUT2D eigenvalue weighted by Gasteiger charge is -2.01. The van der Waals surface area contributed by atoms with E-state index in [9.17, 15) is 9.59 Å². The molecule has 0 saturated heterocycles. The van der Waals surface area contributed by atoms with Gasteiger partial charge in [-0.1, -0.05) is 37.3 Å². The summed E-state index contributed by atoms with van der Waals surface area (Å²) in [5.74, 6) is -0.745. The van der Waals surface area contributed by atoms with E-state index >= 15 is 0 Å². The molecule has 146 valence electrons. The second-order valence-electron chi connectivity index (χ2n) is 6.08. The maximum atomic E-state index is 12.7. The van der Waals surface area contributed by atoms with Crippen LogP contribution in [0.15, 0.2) is 30.3 Å². The highest BCUT2D eigenvalue weighted by Gasteiger charge is 2.22. The van der Waals surface area contributed by atoms with E-state index in [-0.39, 0.29) is 11.6 Å². The molecule has 0 fully saturated rings. The highest BCUT2D eigenvalue weighted by molar-refractivity contribution is 7.16. The quantitative estimate of drug-likeness (QED) is 0.582. The lowest BCUT2D eigenvalue weighted by atomic mass is 10.1. The van der Waals surface area contributed by atoms with Crippen LogP contribution in [0.2, 0.25) is 0 Å². The Balaban J connectivity index is 1.80. The first kappa shape index (κ1) is 20.2. The van der Waals surface area contributed by atoms with Gasteiger partial charge < -0.3 is 4.74 Å². The second-order valence-corrected chi connectivity index (χ2v) is 8.37. The van der Waals surface area contributed by atoms with Crippen LogP contribution in [-0.4, -0.2) is 29.0 Å². The average Bonchev–Trinajstić information content (AvgIpc) is 3.29. The lowest BCUT2D eigenvalue weighted by Crippen LogP contribution is -2.12. The fraction of sp³-hybridized carbons (Fsp3) is 0.300. The molecule has 3 aromatic rings. The van der Waals surface area contributed by atoms with Gasteiger partial charge >= 0.3 is 5.97 Å². The fourth-order valence-electron chi connectivity index (χ4n) is 2.77. The molecule has 0 saturated carbocycles. The van der Waals surface area contributed by atoms with Crippen LogP contribution >= 0.6 is 22.7 Å². The van der Waals surface area contributed by atoms with Crippen molar-refractivity contribution < 1.29 is 14.3 Å².